The molecule has 13 heteroatoms. The van der Waals surface area contributed by atoms with E-state index in [1.165, 1.54) is 11.0 Å². The summed E-state index contributed by atoms with van der Waals surface area (Å²) in [5, 5.41) is 10.6. The maximum Gasteiger partial charge on any atom is 0.417 e. The van der Waals surface area contributed by atoms with E-state index in [0.29, 0.717) is 57.5 Å². The van der Waals surface area contributed by atoms with E-state index >= 15 is 0 Å². The standard InChI is InChI=1S/C26H32F3N5O4S/c1-24(5-6-24)23(36)34-15-18(14-20(34)22(35)31-25(16-30)7-8-25)39(37,38)21-4-3-17(13-19(21)26(27,28)29)33-11-9-32(2)10-12-33/h3-4,13,18,20H,5-12,14-15H2,1-2H3,(H,31,35). The molecule has 2 atom stereocenters. The van der Waals surface area contributed by atoms with E-state index in [4.69, 9.17) is 0 Å². The lowest BCUT2D eigenvalue weighted by Crippen LogP contribution is -2.50. The number of alkyl halides is 3. The zero-order valence-corrected chi connectivity index (χ0v) is 22.7. The second-order valence-electron chi connectivity index (χ2n) is 11.6. The number of likely N-dealkylation sites (tertiary alicyclic amines) is 1. The Morgan fingerprint density at radius 2 is 1.74 bits per heavy atom. The largest absolute Gasteiger partial charge is 0.417 e. The number of hydrogen-bond donors (Lipinski definition) is 1. The summed E-state index contributed by atoms with van der Waals surface area (Å²) in [7, 11) is -2.66. The van der Waals surface area contributed by atoms with Crippen molar-refractivity contribution in [1.82, 2.24) is 15.1 Å². The summed E-state index contributed by atoms with van der Waals surface area (Å²) in [6, 6.07) is 4.13. The third-order valence-corrected chi connectivity index (χ3v) is 10.7. The molecule has 1 aromatic rings. The number of nitrogens with zero attached hydrogens (tertiary/aromatic N) is 4. The predicted molar refractivity (Wildman–Crippen MR) is 135 cm³/mol. The van der Waals surface area contributed by atoms with Crippen molar-refractivity contribution < 1.29 is 31.2 Å². The van der Waals surface area contributed by atoms with E-state index in [2.05, 4.69) is 10.2 Å². The van der Waals surface area contributed by atoms with E-state index in [1.54, 1.807) is 11.8 Å². The zero-order chi connectivity index (χ0) is 28.4. The number of anilines is 1. The highest BCUT2D eigenvalue weighted by Crippen LogP contribution is 2.48. The zero-order valence-electron chi connectivity index (χ0n) is 21.9. The number of sulfone groups is 1. The third kappa shape index (κ3) is 5.20. The van der Waals surface area contributed by atoms with Gasteiger partial charge >= 0.3 is 6.18 Å². The van der Waals surface area contributed by atoms with Crippen LogP contribution in [0.3, 0.4) is 0 Å². The fourth-order valence-corrected chi connectivity index (χ4v) is 7.27. The minimum atomic E-state index is -4.93. The smallest absolute Gasteiger partial charge is 0.369 e. The number of likely N-dealkylation sites (N-methyl/N-ethyl adjacent to an activating group) is 1. The SMILES string of the molecule is CN1CCN(c2ccc(S(=O)(=O)C3CC(C(=O)NC4(C#N)CC4)N(C(=O)C4(C)CC4)C3)c(C(F)(F)F)c2)CC1. The van der Waals surface area contributed by atoms with Gasteiger partial charge in [0.2, 0.25) is 11.8 Å². The summed E-state index contributed by atoms with van der Waals surface area (Å²) in [6.07, 6.45) is -3.20. The molecule has 0 spiro atoms. The summed E-state index contributed by atoms with van der Waals surface area (Å²) < 4.78 is 70.2. The van der Waals surface area contributed by atoms with Crippen LogP contribution in [0.15, 0.2) is 23.1 Å². The fourth-order valence-electron chi connectivity index (χ4n) is 5.38. The first kappa shape index (κ1) is 27.7. The Bertz CT molecular complexity index is 1330. The van der Waals surface area contributed by atoms with Crippen molar-refractivity contribution in [2.75, 3.05) is 44.7 Å². The Kier molecular flexibility index (Phi) is 6.66. The molecule has 2 aliphatic carbocycles. The van der Waals surface area contributed by atoms with Crippen LogP contribution in [0.4, 0.5) is 18.9 Å². The van der Waals surface area contributed by atoms with Crippen LogP contribution in [-0.2, 0) is 25.6 Å². The molecule has 5 rings (SSSR count). The molecular formula is C26H32F3N5O4S. The highest BCUT2D eigenvalue weighted by molar-refractivity contribution is 7.92. The Labute approximate surface area is 225 Å². The summed E-state index contributed by atoms with van der Waals surface area (Å²) in [5.74, 6) is -1.03. The number of piperazine rings is 1. The Hall–Kier alpha value is -2.85. The van der Waals surface area contributed by atoms with Crippen molar-refractivity contribution in [2.24, 2.45) is 5.41 Å². The van der Waals surface area contributed by atoms with Crippen molar-refractivity contribution in [1.29, 1.82) is 5.26 Å². The monoisotopic (exact) mass is 567 g/mol. The molecule has 39 heavy (non-hydrogen) atoms. The van der Waals surface area contributed by atoms with E-state index < -0.39 is 54.6 Å². The molecule has 9 nitrogen and oxygen atoms in total. The molecule has 0 radical (unpaired) electrons. The quantitative estimate of drug-likeness (QED) is 0.561. The number of hydrogen-bond acceptors (Lipinski definition) is 7. The molecule has 2 saturated heterocycles. The van der Waals surface area contributed by atoms with E-state index in [9.17, 15) is 36.4 Å². The number of halogens is 3. The lowest BCUT2D eigenvalue weighted by Gasteiger charge is -2.34. The molecule has 1 N–H and O–H groups in total. The first-order chi connectivity index (χ1) is 18.2. The van der Waals surface area contributed by atoms with E-state index in [-0.39, 0.29) is 18.9 Å². The number of carbonyl (C=O) groups excluding carboxylic acids is 2. The number of carbonyl (C=O) groups is 2. The Morgan fingerprint density at radius 3 is 2.28 bits per heavy atom. The predicted octanol–water partition coefficient (Wildman–Crippen LogP) is 2.17. The topological polar surface area (TPSA) is 114 Å². The lowest BCUT2D eigenvalue weighted by atomic mass is 10.1. The van der Waals surface area contributed by atoms with Crippen LogP contribution in [0.1, 0.15) is 44.6 Å². The van der Waals surface area contributed by atoms with Gasteiger partial charge in [-0.1, -0.05) is 6.92 Å². The van der Waals surface area contributed by atoms with Gasteiger partial charge in [-0.15, -0.1) is 0 Å². The highest BCUT2D eigenvalue weighted by atomic mass is 32.2. The Morgan fingerprint density at radius 1 is 1.10 bits per heavy atom. The highest BCUT2D eigenvalue weighted by Gasteiger charge is 2.55. The summed E-state index contributed by atoms with van der Waals surface area (Å²) in [4.78, 5) is 30.6. The van der Waals surface area contributed by atoms with Crippen LogP contribution in [-0.4, -0.2) is 86.6 Å². The van der Waals surface area contributed by atoms with E-state index in [0.717, 1.165) is 12.1 Å². The normalized spacial score (nSPS) is 26.2. The van der Waals surface area contributed by atoms with Crippen LogP contribution in [0.2, 0.25) is 0 Å². The maximum atomic E-state index is 14.2. The van der Waals surface area contributed by atoms with Gasteiger partial charge in [-0.25, -0.2) is 8.42 Å². The van der Waals surface area contributed by atoms with Crippen molar-refractivity contribution in [3.05, 3.63) is 23.8 Å². The second kappa shape index (κ2) is 9.37. The van der Waals surface area contributed by atoms with Crippen molar-refractivity contribution in [3.63, 3.8) is 0 Å². The minimum Gasteiger partial charge on any atom is -0.369 e. The van der Waals surface area contributed by atoms with Gasteiger partial charge in [0.25, 0.3) is 0 Å². The summed E-state index contributed by atoms with van der Waals surface area (Å²) in [6.45, 7) is 3.71. The van der Waals surface area contributed by atoms with E-state index in [1.807, 2.05) is 13.1 Å². The van der Waals surface area contributed by atoms with Gasteiger partial charge in [0.05, 0.1) is 21.8 Å². The molecule has 212 valence electrons. The van der Waals surface area contributed by atoms with Crippen molar-refractivity contribution >= 4 is 27.3 Å². The first-order valence-corrected chi connectivity index (χ1v) is 14.7. The molecule has 2 amide bonds. The minimum absolute atomic E-state index is 0.294. The second-order valence-corrected chi connectivity index (χ2v) is 13.8. The molecule has 2 heterocycles. The average Bonchev–Trinajstić information content (AvgIpc) is 3.79. The molecular weight excluding hydrogens is 535 g/mol. The molecule has 4 fully saturated rings. The summed E-state index contributed by atoms with van der Waals surface area (Å²) in [5.41, 5.74) is -2.71. The van der Waals surface area contributed by atoms with Gasteiger partial charge in [0.15, 0.2) is 9.84 Å². The van der Waals surface area contributed by atoms with Crippen LogP contribution in [0.25, 0.3) is 0 Å². The van der Waals surface area contributed by atoms with Crippen LogP contribution in [0, 0.1) is 16.7 Å². The molecule has 1 aromatic carbocycles. The van der Waals surface area contributed by atoms with Crippen LogP contribution >= 0.6 is 0 Å². The molecule has 0 aromatic heterocycles. The Balaban J connectivity index is 1.46. The number of benzene rings is 1. The number of rotatable bonds is 6. The van der Waals surface area contributed by atoms with Crippen LogP contribution < -0.4 is 10.2 Å². The first-order valence-electron chi connectivity index (χ1n) is 13.1. The number of nitrogens with one attached hydrogen (secondary N) is 1. The van der Waals surface area contributed by atoms with Crippen molar-refractivity contribution in [2.45, 2.75) is 66.9 Å². The number of amides is 2. The van der Waals surface area contributed by atoms with Crippen molar-refractivity contribution in [3.8, 4) is 6.07 Å². The van der Waals surface area contributed by atoms with Gasteiger partial charge in [-0.05, 0) is 57.4 Å². The van der Waals surface area contributed by atoms with Gasteiger partial charge in [-0.2, -0.15) is 18.4 Å². The molecule has 2 aliphatic heterocycles. The van der Waals surface area contributed by atoms with Crippen LogP contribution in [0.5, 0.6) is 0 Å². The molecule has 2 saturated carbocycles. The van der Waals surface area contributed by atoms with Gasteiger partial charge in [-0.3, -0.25) is 9.59 Å². The molecule has 2 unspecified atom stereocenters. The van der Waals surface area contributed by atoms with Gasteiger partial charge < -0.3 is 20.0 Å². The molecule has 0 bridgehead atoms. The molecule has 4 aliphatic rings. The van der Waals surface area contributed by atoms with Gasteiger partial charge in [0.1, 0.15) is 11.6 Å². The average molecular weight is 568 g/mol. The lowest BCUT2D eigenvalue weighted by molar-refractivity contribution is -0.142. The maximum absolute atomic E-state index is 14.2. The van der Waals surface area contributed by atoms with Gasteiger partial charge in [0, 0.05) is 43.8 Å². The fraction of sp³-hybridized carbons (Fsp3) is 0.654. The number of nitriles is 1. The summed E-state index contributed by atoms with van der Waals surface area (Å²) >= 11 is 0. The third-order valence-electron chi connectivity index (χ3n) is 8.55.